The highest BCUT2D eigenvalue weighted by Gasteiger charge is 2.12. The minimum absolute atomic E-state index is 0.242. The van der Waals surface area contributed by atoms with Crippen molar-refractivity contribution in [2.45, 2.75) is 6.54 Å². The summed E-state index contributed by atoms with van der Waals surface area (Å²) in [5.74, 6) is 1.30. The van der Waals surface area contributed by atoms with Crippen LogP contribution >= 0.6 is 0 Å². The molecule has 0 radical (unpaired) electrons. The molecule has 0 unspecified atom stereocenters. The second-order valence-corrected chi connectivity index (χ2v) is 6.37. The van der Waals surface area contributed by atoms with Crippen LogP contribution < -0.4 is 19.5 Å². The fraction of sp³-hybridized carbons (Fsp3) is 0.227. The first-order valence-corrected chi connectivity index (χ1v) is 9.26. The quantitative estimate of drug-likeness (QED) is 0.577. The van der Waals surface area contributed by atoms with Gasteiger partial charge in [0.25, 0.3) is 0 Å². The van der Waals surface area contributed by atoms with Crippen molar-refractivity contribution in [3.63, 3.8) is 0 Å². The van der Waals surface area contributed by atoms with E-state index in [9.17, 15) is 4.79 Å². The predicted molar refractivity (Wildman–Crippen MR) is 113 cm³/mol. The summed E-state index contributed by atoms with van der Waals surface area (Å²) in [6, 6.07) is 11.1. The molecule has 3 aromatic rings. The Hall–Kier alpha value is -3.81. The molecule has 2 heterocycles. The summed E-state index contributed by atoms with van der Waals surface area (Å²) < 4.78 is 17.7. The topological polar surface area (TPSA) is 87.5 Å². The Morgan fingerprint density at radius 3 is 2.43 bits per heavy atom. The fourth-order valence-corrected chi connectivity index (χ4v) is 2.97. The van der Waals surface area contributed by atoms with Crippen LogP contribution in [0, 0.1) is 0 Å². The molecular weight excluding hydrogens is 384 g/mol. The Morgan fingerprint density at radius 2 is 1.83 bits per heavy atom. The van der Waals surface area contributed by atoms with Crippen LogP contribution in [0.5, 0.6) is 17.2 Å². The first kappa shape index (κ1) is 20.9. The van der Waals surface area contributed by atoms with Gasteiger partial charge in [-0.25, -0.2) is 0 Å². The van der Waals surface area contributed by atoms with E-state index in [-0.39, 0.29) is 5.91 Å². The molecule has 0 aliphatic heterocycles. The van der Waals surface area contributed by atoms with Crippen molar-refractivity contribution in [3.05, 3.63) is 59.9 Å². The average molecular weight is 408 g/mol. The number of aromatic nitrogens is 3. The molecule has 8 heteroatoms. The Morgan fingerprint density at radius 1 is 1.10 bits per heavy atom. The van der Waals surface area contributed by atoms with Gasteiger partial charge >= 0.3 is 0 Å². The van der Waals surface area contributed by atoms with Crippen LogP contribution in [0.3, 0.4) is 0 Å². The van der Waals surface area contributed by atoms with Gasteiger partial charge in [-0.2, -0.15) is 5.10 Å². The third-order valence-electron chi connectivity index (χ3n) is 4.42. The second-order valence-electron chi connectivity index (χ2n) is 6.37. The highest BCUT2D eigenvalue weighted by molar-refractivity contribution is 5.91. The van der Waals surface area contributed by atoms with Crippen LogP contribution in [0.2, 0.25) is 0 Å². The third kappa shape index (κ3) is 4.78. The van der Waals surface area contributed by atoms with Gasteiger partial charge in [-0.3, -0.25) is 14.5 Å². The zero-order chi connectivity index (χ0) is 21.5. The minimum atomic E-state index is -0.242. The van der Waals surface area contributed by atoms with Crippen LogP contribution in [-0.2, 0) is 18.4 Å². The highest BCUT2D eigenvalue weighted by atomic mass is 16.5. The van der Waals surface area contributed by atoms with E-state index in [0.29, 0.717) is 23.8 Å². The highest BCUT2D eigenvalue weighted by Crippen LogP contribution is 2.38. The van der Waals surface area contributed by atoms with Gasteiger partial charge in [0.15, 0.2) is 11.5 Å². The van der Waals surface area contributed by atoms with Gasteiger partial charge < -0.3 is 19.5 Å². The summed E-state index contributed by atoms with van der Waals surface area (Å²) in [6.07, 6.45) is 4.86. The van der Waals surface area contributed by atoms with Crippen molar-refractivity contribution >= 4 is 12.0 Å². The second kappa shape index (κ2) is 9.60. The lowest BCUT2D eigenvalue weighted by Crippen LogP contribution is -2.20. The van der Waals surface area contributed by atoms with E-state index in [0.717, 1.165) is 22.6 Å². The number of rotatable bonds is 8. The van der Waals surface area contributed by atoms with Crippen LogP contribution in [0.15, 0.2) is 48.7 Å². The molecule has 3 rings (SSSR count). The maximum Gasteiger partial charge on any atom is 0.244 e. The van der Waals surface area contributed by atoms with E-state index < -0.39 is 0 Å². The molecule has 0 fully saturated rings. The molecule has 0 atom stereocenters. The average Bonchev–Trinajstić information content (AvgIpc) is 3.16. The number of hydrogen-bond donors (Lipinski definition) is 1. The zero-order valence-corrected chi connectivity index (χ0v) is 17.4. The number of benzene rings is 1. The molecule has 0 bridgehead atoms. The number of carbonyl (C=O) groups excluding carboxylic acids is 1. The Labute approximate surface area is 175 Å². The maximum atomic E-state index is 12.3. The number of nitrogens with one attached hydrogen (secondary N) is 1. The summed E-state index contributed by atoms with van der Waals surface area (Å²) in [7, 11) is 6.48. The molecule has 8 nitrogen and oxygen atoms in total. The lowest BCUT2D eigenvalue weighted by atomic mass is 10.1. The number of methoxy groups -OCH3 is 3. The summed E-state index contributed by atoms with van der Waals surface area (Å²) in [6.45, 7) is 0.305. The molecule has 1 aromatic carbocycles. The minimum Gasteiger partial charge on any atom is -0.493 e. The summed E-state index contributed by atoms with van der Waals surface area (Å²) in [4.78, 5) is 16.6. The van der Waals surface area contributed by atoms with Crippen LogP contribution in [0.25, 0.3) is 17.5 Å². The lowest BCUT2D eigenvalue weighted by molar-refractivity contribution is -0.116. The standard InChI is InChI=1S/C22H24N4O4/c1-26-18(17-7-5-6-10-23-17)13-16(25-26)14-24-21(27)9-8-15-11-19(28-2)22(30-4)20(12-15)29-3/h5-13H,14H2,1-4H3,(H,24,27). The Bertz CT molecular complexity index is 1020. The molecule has 0 spiro atoms. The number of ether oxygens (including phenoxy) is 3. The molecule has 30 heavy (non-hydrogen) atoms. The monoisotopic (exact) mass is 408 g/mol. The van der Waals surface area contributed by atoms with Crippen LogP contribution in [-0.4, -0.2) is 42.0 Å². The van der Waals surface area contributed by atoms with Gasteiger partial charge in [-0.1, -0.05) is 6.07 Å². The molecule has 1 amide bonds. The van der Waals surface area contributed by atoms with Crippen LogP contribution in [0.1, 0.15) is 11.3 Å². The normalized spacial score (nSPS) is 10.8. The smallest absolute Gasteiger partial charge is 0.244 e. The van der Waals surface area contributed by atoms with Crippen molar-refractivity contribution in [1.29, 1.82) is 0 Å². The van der Waals surface area contributed by atoms with Crippen molar-refractivity contribution in [3.8, 4) is 28.6 Å². The maximum absolute atomic E-state index is 12.3. The number of carbonyl (C=O) groups is 1. The predicted octanol–water partition coefficient (Wildman–Crippen LogP) is 2.84. The van der Waals surface area contributed by atoms with E-state index in [1.807, 2.05) is 31.3 Å². The number of pyridine rings is 1. The van der Waals surface area contributed by atoms with Crippen molar-refractivity contribution in [2.24, 2.45) is 7.05 Å². The summed E-state index contributed by atoms with van der Waals surface area (Å²) in [5.41, 5.74) is 3.20. The van der Waals surface area contributed by atoms with Gasteiger partial charge in [0.05, 0.1) is 45.0 Å². The van der Waals surface area contributed by atoms with Gasteiger partial charge in [0, 0.05) is 19.3 Å². The Balaban J connectivity index is 1.66. The van der Waals surface area contributed by atoms with Gasteiger partial charge in [-0.05, 0) is 42.0 Å². The van der Waals surface area contributed by atoms with Gasteiger partial charge in [-0.15, -0.1) is 0 Å². The number of aryl methyl sites for hydroxylation is 1. The molecule has 0 aliphatic carbocycles. The van der Waals surface area contributed by atoms with Gasteiger partial charge in [0.2, 0.25) is 11.7 Å². The van der Waals surface area contributed by atoms with Crippen molar-refractivity contribution in [2.75, 3.05) is 21.3 Å². The summed E-state index contributed by atoms with van der Waals surface area (Å²) in [5, 5.41) is 7.26. The number of amides is 1. The number of nitrogens with zero attached hydrogens (tertiary/aromatic N) is 3. The molecule has 2 aromatic heterocycles. The van der Waals surface area contributed by atoms with E-state index in [4.69, 9.17) is 14.2 Å². The SMILES string of the molecule is COc1cc(C=CC(=O)NCc2cc(-c3ccccn3)n(C)n2)cc(OC)c1OC. The third-order valence-corrected chi connectivity index (χ3v) is 4.42. The first-order chi connectivity index (χ1) is 14.5. The zero-order valence-electron chi connectivity index (χ0n) is 17.4. The largest absolute Gasteiger partial charge is 0.493 e. The molecule has 0 saturated heterocycles. The van der Waals surface area contributed by atoms with Crippen molar-refractivity contribution < 1.29 is 19.0 Å². The van der Waals surface area contributed by atoms with E-state index in [1.165, 1.54) is 6.08 Å². The van der Waals surface area contributed by atoms with E-state index in [1.54, 1.807) is 50.4 Å². The first-order valence-electron chi connectivity index (χ1n) is 9.26. The molecular formula is C22H24N4O4. The molecule has 1 N–H and O–H groups in total. The van der Waals surface area contributed by atoms with Gasteiger partial charge in [0.1, 0.15) is 0 Å². The van der Waals surface area contributed by atoms with Crippen molar-refractivity contribution in [1.82, 2.24) is 20.1 Å². The Kier molecular flexibility index (Phi) is 6.69. The van der Waals surface area contributed by atoms with E-state index >= 15 is 0 Å². The summed E-state index contributed by atoms with van der Waals surface area (Å²) >= 11 is 0. The fourth-order valence-electron chi connectivity index (χ4n) is 2.97. The van der Waals surface area contributed by atoms with E-state index in [2.05, 4.69) is 15.4 Å². The molecule has 0 aliphatic rings. The molecule has 156 valence electrons. The van der Waals surface area contributed by atoms with Crippen LogP contribution in [0.4, 0.5) is 0 Å². The molecule has 0 saturated carbocycles. The number of hydrogen-bond acceptors (Lipinski definition) is 6. The lowest BCUT2D eigenvalue weighted by Gasteiger charge is -2.12.